The van der Waals surface area contributed by atoms with Gasteiger partial charge in [-0.3, -0.25) is 4.79 Å². The Morgan fingerprint density at radius 3 is 2.50 bits per heavy atom. The first-order valence-electron chi connectivity index (χ1n) is 6.29. The predicted octanol–water partition coefficient (Wildman–Crippen LogP) is 1.94. The quantitative estimate of drug-likeness (QED) is 0.851. The van der Waals surface area contributed by atoms with Crippen LogP contribution in [0.3, 0.4) is 0 Å². The van der Waals surface area contributed by atoms with E-state index in [0.717, 1.165) is 14.9 Å². The van der Waals surface area contributed by atoms with Gasteiger partial charge >= 0.3 is 0 Å². The summed E-state index contributed by atoms with van der Waals surface area (Å²) in [6, 6.07) is 6.54. The van der Waals surface area contributed by atoms with Crippen molar-refractivity contribution < 1.29 is 12.8 Å². The van der Waals surface area contributed by atoms with Crippen molar-refractivity contribution in [3.63, 3.8) is 0 Å². The van der Waals surface area contributed by atoms with Crippen LogP contribution in [0, 0.1) is 5.82 Å². The summed E-state index contributed by atoms with van der Waals surface area (Å²) >= 11 is 5.93. The normalized spacial score (nSPS) is 11.9. The molecule has 2 aromatic rings. The zero-order valence-corrected chi connectivity index (χ0v) is 13.5. The van der Waals surface area contributed by atoms with E-state index < -0.39 is 21.4 Å². The van der Waals surface area contributed by atoms with Crippen molar-refractivity contribution in [2.75, 3.05) is 14.1 Å². The number of hydrogen-bond acceptors (Lipinski definition) is 3. The Bertz CT molecular complexity index is 842. The standard InChI is InChI=1S/C14H14ClFN2O3S/c1-17(2)22(20,21)10-6-7-14(19)18(8-10)9-11-12(15)4-3-5-13(11)16/h3-8H,9H2,1-2H3. The molecule has 0 aliphatic carbocycles. The second-order valence-electron chi connectivity index (χ2n) is 4.82. The highest BCUT2D eigenvalue weighted by atomic mass is 35.5. The fourth-order valence-electron chi connectivity index (χ4n) is 1.85. The van der Waals surface area contributed by atoms with E-state index in [0.29, 0.717) is 0 Å². The van der Waals surface area contributed by atoms with E-state index in [4.69, 9.17) is 11.6 Å². The summed E-state index contributed by atoms with van der Waals surface area (Å²) in [6.45, 7) is -0.152. The van der Waals surface area contributed by atoms with E-state index in [1.807, 2.05) is 0 Å². The second kappa shape index (κ2) is 6.20. The minimum absolute atomic E-state index is 0.0513. The maximum Gasteiger partial charge on any atom is 0.250 e. The Balaban J connectivity index is 2.51. The zero-order valence-electron chi connectivity index (χ0n) is 12.0. The van der Waals surface area contributed by atoms with Gasteiger partial charge in [-0.1, -0.05) is 17.7 Å². The molecule has 22 heavy (non-hydrogen) atoms. The van der Waals surface area contributed by atoms with Gasteiger partial charge in [0.2, 0.25) is 10.0 Å². The molecular formula is C14H14ClFN2O3S. The van der Waals surface area contributed by atoms with Crippen LogP contribution in [0.5, 0.6) is 0 Å². The summed E-state index contributed by atoms with van der Waals surface area (Å²) in [5.74, 6) is -0.555. The molecule has 0 bridgehead atoms. The molecule has 0 atom stereocenters. The van der Waals surface area contributed by atoms with Crippen LogP contribution >= 0.6 is 11.6 Å². The molecule has 1 aromatic carbocycles. The first-order chi connectivity index (χ1) is 10.2. The summed E-state index contributed by atoms with van der Waals surface area (Å²) in [5, 5.41) is 0.174. The van der Waals surface area contributed by atoms with E-state index in [1.54, 1.807) is 0 Å². The van der Waals surface area contributed by atoms with Crippen LogP contribution < -0.4 is 5.56 Å². The lowest BCUT2D eigenvalue weighted by molar-refractivity contribution is 0.518. The van der Waals surface area contributed by atoms with Gasteiger partial charge in [0.1, 0.15) is 5.82 Å². The number of halogens is 2. The Morgan fingerprint density at radius 1 is 1.23 bits per heavy atom. The molecule has 2 rings (SSSR count). The Labute approximate surface area is 132 Å². The van der Waals surface area contributed by atoms with Crippen molar-refractivity contribution in [1.29, 1.82) is 0 Å². The fourth-order valence-corrected chi connectivity index (χ4v) is 2.99. The average molecular weight is 345 g/mol. The average Bonchev–Trinajstić information content (AvgIpc) is 2.44. The fraction of sp³-hybridized carbons (Fsp3) is 0.214. The smallest absolute Gasteiger partial charge is 0.250 e. The molecule has 1 aromatic heterocycles. The Kier molecular flexibility index (Phi) is 4.69. The van der Waals surface area contributed by atoms with Gasteiger partial charge in [0.15, 0.2) is 0 Å². The van der Waals surface area contributed by atoms with Crippen molar-refractivity contribution >= 4 is 21.6 Å². The lowest BCUT2D eigenvalue weighted by atomic mass is 10.2. The highest BCUT2D eigenvalue weighted by Gasteiger charge is 2.18. The maximum atomic E-state index is 13.8. The van der Waals surface area contributed by atoms with Crippen LogP contribution in [-0.4, -0.2) is 31.4 Å². The van der Waals surface area contributed by atoms with Gasteiger partial charge in [-0.2, -0.15) is 0 Å². The van der Waals surface area contributed by atoms with E-state index in [1.165, 1.54) is 44.6 Å². The molecule has 0 spiro atoms. The summed E-state index contributed by atoms with van der Waals surface area (Å²) in [7, 11) is -0.907. The summed E-state index contributed by atoms with van der Waals surface area (Å²) in [5.41, 5.74) is -0.317. The summed E-state index contributed by atoms with van der Waals surface area (Å²) in [4.78, 5) is 11.8. The van der Waals surface area contributed by atoms with Crippen molar-refractivity contribution in [3.8, 4) is 0 Å². The van der Waals surface area contributed by atoms with Crippen LogP contribution in [0.4, 0.5) is 4.39 Å². The molecule has 0 saturated carbocycles. The number of benzene rings is 1. The molecular weight excluding hydrogens is 331 g/mol. The summed E-state index contributed by atoms with van der Waals surface area (Å²) < 4.78 is 40.1. The monoisotopic (exact) mass is 344 g/mol. The lowest BCUT2D eigenvalue weighted by Gasteiger charge is -2.14. The van der Waals surface area contributed by atoms with Gasteiger partial charge in [0.05, 0.1) is 11.4 Å². The van der Waals surface area contributed by atoms with E-state index in [-0.39, 0.29) is 22.0 Å². The van der Waals surface area contributed by atoms with Gasteiger partial charge in [-0.15, -0.1) is 0 Å². The molecule has 0 unspecified atom stereocenters. The number of aromatic nitrogens is 1. The van der Waals surface area contributed by atoms with Crippen molar-refractivity contribution in [1.82, 2.24) is 8.87 Å². The highest BCUT2D eigenvalue weighted by molar-refractivity contribution is 7.89. The van der Waals surface area contributed by atoms with E-state index in [9.17, 15) is 17.6 Å². The van der Waals surface area contributed by atoms with Crippen LogP contribution in [0.15, 0.2) is 46.2 Å². The number of hydrogen-bond donors (Lipinski definition) is 0. The van der Waals surface area contributed by atoms with Gasteiger partial charge in [0.25, 0.3) is 5.56 Å². The third kappa shape index (κ3) is 3.21. The van der Waals surface area contributed by atoms with Crippen molar-refractivity contribution in [3.05, 3.63) is 63.3 Å². The maximum absolute atomic E-state index is 13.8. The number of pyridine rings is 1. The van der Waals surface area contributed by atoms with Crippen LogP contribution in [-0.2, 0) is 16.6 Å². The van der Waals surface area contributed by atoms with Crippen LogP contribution in [0.2, 0.25) is 5.02 Å². The van der Waals surface area contributed by atoms with Crippen LogP contribution in [0.1, 0.15) is 5.56 Å². The molecule has 5 nitrogen and oxygen atoms in total. The van der Waals surface area contributed by atoms with Gasteiger partial charge < -0.3 is 4.57 Å². The Hall–Kier alpha value is -1.70. The van der Waals surface area contributed by atoms with Gasteiger partial charge in [-0.05, 0) is 18.2 Å². The lowest BCUT2D eigenvalue weighted by Crippen LogP contribution is -2.26. The predicted molar refractivity (Wildman–Crippen MR) is 82.1 cm³/mol. The molecule has 118 valence electrons. The van der Waals surface area contributed by atoms with E-state index >= 15 is 0 Å². The third-order valence-corrected chi connectivity index (χ3v) is 5.28. The first kappa shape index (κ1) is 16.7. The minimum atomic E-state index is -3.68. The van der Waals surface area contributed by atoms with Gasteiger partial charge in [-0.25, -0.2) is 17.1 Å². The SMILES string of the molecule is CN(C)S(=O)(=O)c1ccc(=O)n(Cc2c(F)cccc2Cl)c1. The third-order valence-electron chi connectivity index (χ3n) is 3.13. The van der Waals surface area contributed by atoms with Crippen LogP contribution in [0.25, 0.3) is 0 Å². The van der Waals surface area contributed by atoms with Gasteiger partial charge in [0, 0.05) is 36.9 Å². The van der Waals surface area contributed by atoms with Crippen molar-refractivity contribution in [2.45, 2.75) is 11.4 Å². The topological polar surface area (TPSA) is 59.4 Å². The number of nitrogens with zero attached hydrogens (tertiary/aromatic N) is 2. The summed E-state index contributed by atoms with van der Waals surface area (Å²) in [6.07, 6.45) is 1.18. The van der Waals surface area contributed by atoms with Crippen molar-refractivity contribution in [2.24, 2.45) is 0 Å². The largest absolute Gasteiger partial charge is 0.310 e. The molecule has 0 amide bonds. The van der Waals surface area contributed by atoms with E-state index in [2.05, 4.69) is 0 Å². The molecule has 0 aliphatic rings. The molecule has 0 saturated heterocycles. The molecule has 0 aliphatic heterocycles. The minimum Gasteiger partial charge on any atom is -0.310 e. The molecule has 0 fully saturated rings. The Morgan fingerprint density at radius 2 is 1.91 bits per heavy atom. The number of rotatable bonds is 4. The highest BCUT2D eigenvalue weighted by Crippen LogP contribution is 2.20. The molecule has 0 radical (unpaired) electrons. The first-order valence-corrected chi connectivity index (χ1v) is 8.11. The molecule has 0 N–H and O–H groups in total. The zero-order chi connectivity index (χ0) is 16.5. The number of sulfonamides is 1. The molecule has 8 heteroatoms. The second-order valence-corrected chi connectivity index (χ2v) is 7.38. The molecule has 1 heterocycles.